The zero-order valence-corrected chi connectivity index (χ0v) is 18.4. The van der Waals surface area contributed by atoms with Crippen molar-refractivity contribution in [1.29, 1.82) is 0 Å². The molecule has 2 aliphatic rings. The van der Waals surface area contributed by atoms with E-state index in [4.69, 9.17) is 4.74 Å². The molecular formula is C24H27NO5S. The molecule has 7 heteroatoms. The minimum Gasteiger partial charge on any atom is -0.481 e. The van der Waals surface area contributed by atoms with Crippen LogP contribution in [0.2, 0.25) is 0 Å². The number of hydrogen-bond acceptors (Lipinski definition) is 5. The van der Waals surface area contributed by atoms with Gasteiger partial charge in [0.25, 0.3) is 0 Å². The summed E-state index contributed by atoms with van der Waals surface area (Å²) in [6.07, 6.45) is 5.20. The molecule has 1 aromatic heterocycles. The van der Waals surface area contributed by atoms with Gasteiger partial charge in [-0.25, -0.2) is 4.79 Å². The number of rotatable bonds is 5. The molecule has 2 N–H and O–H groups in total. The smallest absolute Gasteiger partial charge is 0.341 e. The zero-order chi connectivity index (χ0) is 22.0. The van der Waals surface area contributed by atoms with Gasteiger partial charge >= 0.3 is 11.9 Å². The van der Waals surface area contributed by atoms with Gasteiger partial charge in [0.2, 0.25) is 5.91 Å². The summed E-state index contributed by atoms with van der Waals surface area (Å²) < 4.78 is 5.02. The fourth-order valence-corrected chi connectivity index (χ4v) is 6.27. The van der Waals surface area contributed by atoms with Crippen LogP contribution in [0.5, 0.6) is 0 Å². The molecule has 1 heterocycles. The second-order valence-electron chi connectivity index (χ2n) is 8.37. The number of amides is 1. The summed E-state index contributed by atoms with van der Waals surface area (Å²) >= 11 is 1.43. The van der Waals surface area contributed by atoms with Crippen molar-refractivity contribution in [3.05, 3.63) is 51.9 Å². The Morgan fingerprint density at radius 1 is 1.06 bits per heavy atom. The summed E-state index contributed by atoms with van der Waals surface area (Å²) in [5, 5.41) is 12.9. The SMILES string of the molecule is COC(=O)c1c(NC(=O)[C@@H]2CCCC[C@H]2C(=O)O)sc2c1CC[C@H](c1ccccc1)C2. The molecule has 1 aromatic carbocycles. The van der Waals surface area contributed by atoms with E-state index in [-0.39, 0.29) is 5.91 Å². The lowest BCUT2D eigenvalue weighted by Gasteiger charge is -2.27. The quantitative estimate of drug-likeness (QED) is 0.660. The number of carboxylic acids is 1. The van der Waals surface area contributed by atoms with Crippen LogP contribution >= 0.6 is 11.3 Å². The van der Waals surface area contributed by atoms with E-state index in [2.05, 4.69) is 17.4 Å². The molecule has 4 rings (SSSR count). The zero-order valence-electron chi connectivity index (χ0n) is 17.6. The predicted octanol–water partition coefficient (Wildman–Crippen LogP) is 4.64. The number of ether oxygens (including phenoxy) is 1. The third-order valence-corrected chi connectivity index (χ3v) is 7.75. The van der Waals surface area contributed by atoms with Gasteiger partial charge in [-0.1, -0.05) is 43.2 Å². The molecule has 0 aliphatic heterocycles. The highest BCUT2D eigenvalue weighted by atomic mass is 32.1. The fraction of sp³-hybridized carbons (Fsp3) is 0.458. The van der Waals surface area contributed by atoms with E-state index in [1.165, 1.54) is 24.0 Å². The Morgan fingerprint density at radius 3 is 2.45 bits per heavy atom. The van der Waals surface area contributed by atoms with Crippen molar-refractivity contribution in [3.8, 4) is 0 Å². The van der Waals surface area contributed by atoms with Crippen LogP contribution in [-0.4, -0.2) is 30.1 Å². The molecule has 0 saturated heterocycles. The number of hydrogen-bond donors (Lipinski definition) is 2. The molecular weight excluding hydrogens is 414 g/mol. The van der Waals surface area contributed by atoms with Crippen LogP contribution < -0.4 is 5.32 Å². The molecule has 164 valence electrons. The van der Waals surface area contributed by atoms with Crippen molar-refractivity contribution in [2.45, 2.75) is 50.9 Å². The molecule has 0 bridgehead atoms. The molecule has 2 aliphatic carbocycles. The first-order valence-corrected chi connectivity index (χ1v) is 11.6. The number of aliphatic carboxylic acids is 1. The average Bonchev–Trinajstić information content (AvgIpc) is 3.16. The maximum Gasteiger partial charge on any atom is 0.341 e. The number of nitrogens with one attached hydrogen (secondary N) is 1. The van der Waals surface area contributed by atoms with Crippen LogP contribution in [0.25, 0.3) is 0 Å². The van der Waals surface area contributed by atoms with Gasteiger partial charge in [-0.2, -0.15) is 0 Å². The van der Waals surface area contributed by atoms with Crippen molar-refractivity contribution < 1.29 is 24.2 Å². The first-order chi connectivity index (χ1) is 15.0. The molecule has 3 atom stereocenters. The van der Waals surface area contributed by atoms with Crippen LogP contribution in [0.4, 0.5) is 5.00 Å². The van der Waals surface area contributed by atoms with Gasteiger partial charge in [-0.05, 0) is 49.1 Å². The van der Waals surface area contributed by atoms with Crippen molar-refractivity contribution >= 4 is 34.2 Å². The Kier molecular flexibility index (Phi) is 6.41. The molecule has 0 spiro atoms. The second-order valence-corrected chi connectivity index (χ2v) is 9.48. The van der Waals surface area contributed by atoms with Gasteiger partial charge in [-0.3, -0.25) is 9.59 Å². The first kappa shape index (κ1) is 21.6. The summed E-state index contributed by atoms with van der Waals surface area (Å²) in [5.74, 6) is -2.57. The maximum atomic E-state index is 13.0. The number of anilines is 1. The third kappa shape index (κ3) is 4.37. The van der Waals surface area contributed by atoms with Crippen molar-refractivity contribution in [3.63, 3.8) is 0 Å². The van der Waals surface area contributed by atoms with E-state index in [9.17, 15) is 19.5 Å². The topological polar surface area (TPSA) is 92.7 Å². The van der Waals surface area contributed by atoms with Gasteiger partial charge < -0.3 is 15.2 Å². The Labute approximate surface area is 185 Å². The Hall–Kier alpha value is -2.67. The number of carbonyl (C=O) groups excluding carboxylic acids is 2. The maximum absolute atomic E-state index is 13.0. The van der Waals surface area contributed by atoms with Crippen LogP contribution in [0, 0.1) is 11.8 Å². The highest BCUT2D eigenvalue weighted by molar-refractivity contribution is 7.17. The number of benzene rings is 1. The van der Waals surface area contributed by atoms with E-state index in [0.29, 0.717) is 29.3 Å². The summed E-state index contributed by atoms with van der Waals surface area (Å²) in [7, 11) is 1.34. The lowest BCUT2D eigenvalue weighted by molar-refractivity contribution is -0.147. The van der Waals surface area contributed by atoms with Crippen LogP contribution in [0.3, 0.4) is 0 Å². The largest absolute Gasteiger partial charge is 0.481 e. The van der Waals surface area contributed by atoms with E-state index in [1.54, 1.807) is 0 Å². The van der Waals surface area contributed by atoms with Crippen LogP contribution in [0.1, 0.15) is 64.4 Å². The van der Waals surface area contributed by atoms with Gasteiger partial charge in [0, 0.05) is 4.88 Å². The standard InChI is InChI=1S/C24H27NO5S/c1-30-24(29)20-18-12-11-15(14-7-3-2-4-8-14)13-19(18)31-22(20)25-21(26)16-9-5-6-10-17(16)23(27)28/h2-4,7-8,15-17H,5-6,9-13H2,1H3,(H,25,26)(H,27,28)/t15-,16+,17+/m0/s1. The van der Waals surface area contributed by atoms with Crippen LogP contribution in [-0.2, 0) is 27.2 Å². The summed E-state index contributed by atoms with van der Waals surface area (Å²) in [6.45, 7) is 0. The number of carboxylic acid groups (broad SMARTS) is 1. The third-order valence-electron chi connectivity index (χ3n) is 6.58. The van der Waals surface area contributed by atoms with Gasteiger partial charge in [-0.15, -0.1) is 11.3 Å². The Balaban J connectivity index is 1.61. The van der Waals surface area contributed by atoms with E-state index in [1.807, 2.05) is 18.2 Å². The number of carbonyl (C=O) groups is 3. The first-order valence-electron chi connectivity index (χ1n) is 10.8. The molecule has 31 heavy (non-hydrogen) atoms. The lowest BCUT2D eigenvalue weighted by Crippen LogP contribution is -2.36. The van der Waals surface area contributed by atoms with Gasteiger partial charge in [0.05, 0.1) is 24.5 Å². The van der Waals surface area contributed by atoms with Crippen molar-refractivity contribution in [2.24, 2.45) is 11.8 Å². The average molecular weight is 442 g/mol. The minimum absolute atomic E-state index is 0.310. The molecule has 1 fully saturated rings. The van der Waals surface area contributed by atoms with Gasteiger partial charge in [0.15, 0.2) is 0 Å². The van der Waals surface area contributed by atoms with E-state index < -0.39 is 23.8 Å². The molecule has 0 radical (unpaired) electrons. The van der Waals surface area contributed by atoms with E-state index >= 15 is 0 Å². The second kappa shape index (κ2) is 9.22. The summed E-state index contributed by atoms with van der Waals surface area (Å²) in [4.78, 5) is 38.3. The lowest BCUT2D eigenvalue weighted by atomic mass is 9.78. The monoisotopic (exact) mass is 441 g/mol. The molecule has 1 amide bonds. The summed E-state index contributed by atoms with van der Waals surface area (Å²) in [5.41, 5.74) is 2.67. The van der Waals surface area contributed by atoms with Crippen molar-refractivity contribution in [1.82, 2.24) is 0 Å². The fourth-order valence-electron chi connectivity index (χ4n) is 4.95. The molecule has 6 nitrogen and oxygen atoms in total. The Bertz CT molecular complexity index is 983. The molecule has 2 aromatic rings. The summed E-state index contributed by atoms with van der Waals surface area (Å²) in [6, 6.07) is 10.3. The number of fused-ring (bicyclic) bond motifs is 1. The molecule has 1 saturated carbocycles. The highest BCUT2D eigenvalue weighted by Gasteiger charge is 2.37. The minimum atomic E-state index is -0.927. The van der Waals surface area contributed by atoms with Gasteiger partial charge in [0.1, 0.15) is 5.00 Å². The number of methoxy groups -OCH3 is 1. The number of thiophene rings is 1. The highest BCUT2D eigenvalue weighted by Crippen LogP contribution is 2.43. The number of esters is 1. The van der Waals surface area contributed by atoms with E-state index in [0.717, 1.165) is 42.5 Å². The van der Waals surface area contributed by atoms with Crippen LogP contribution in [0.15, 0.2) is 30.3 Å². The predicted molar refractivity (Wildman–Crippen MR) is 119 cm³/mol. The normalized spacial score (nSPS) is 22.9. The molecule has 0 unspecified atom stereocenters. The Morgan fingerprint density at radius 2 is 1.77 bits per heavy atom. The van der Waals surface area contributed by atoms with Crippen molar-refractivity contribution in [2.75, 3.05) is 12.4 Å².